The molecule has 0 N–H and O–H groups in total. The Labute approximate surface area is 120 Å². The van der Waals surface area contributed by atoms with E-state index in [0.29, 0.717) is 11.1 Å². The third-order valence-corrected chi connectivity index (χ3v) is 2.79. The van der Waals surface area contributed by atoms with E-state index in [1.807, 2.05) is 6.07 Å². The van der Waals surface area contributed by atoms with Gasteiger partial charge in [-0.3, -0.25) is 14.9 Å². The van der Waals surface area contributed by atoms with Gasteiger partial charge in [0.1, 0.15) is 11.6 Å². The minimum Gasteiger partial charge on any atom is -0.288 e. The summed E-state index contributed by atoms with van der Waals surface area (Å²) in [5, 5.41) is 19.8. The van der Waals surface area contributed by atoms with E-state index >= 15 is 0 Å². The molecule has 5 heteroatoms. The molecule has 0 fully saturated rings. The summed E-state index contributed by atoms with van der Waals surface area (Å²) in [6.07, 6.45) is 1.35. The number of nitriles is 1. The van der Waals surface area contributed by atoms with E-state index < -0.39 is 10.7 Å². The van der Waals surface area contributed by atoms with Gasteiger partial charge in [-0.15, -0.1) is 0 Å². The van der Waals surface area contributed by atoms with E-state index in [1.54, 1.807) is 36.4 Å². The first kappa shape index (κ1) is 14.2. The molecule has 0 spiro atoms. The molecule has 0 bridgehead atoms. The monoisotopic (exact) mass is 278 g/mol. The van der Waals surface area contributed by atoms with Gasteiger partial charge in [-0.25, -0.2) is 0 Å². The maximum absolute atomic E-state index is 12.2. The first-order valence-electron chi connectivity index (χ1n) is 6.08. The zero-order chi connectivity index (χ0) is 15.2. The fourth-order valence-electron chi connectivity index (χ4n) is 1.79. The van der Waals surface area contributed by atoms with Crippen LogP contribution in [0.1, 0.15) is 15.9 Å². The van der Waals surface area contributed by atoms with Gasteiger partial charge in [0.15, 0.2) is 0 Å². The number of nitro benzene ring substituents is 1. The van der Waals surface area contributed by atoms with Crippen LogP contribution in [0, 0.1) is 21.4 Å². The van der Waals surface area contributed by atoms with Crippen LogP contribution in [-0.4, -0.2) is 10.7 Å². The first-order chi connectivity index (χ1) is 10.1. The SMILES string of the molecule is N#C/C(=C/c1cccc([N+](=O)[O-])c1)C(=O)c1ccccc1. The molecular formula is C16H10N2O3. The molecule has 0 aliphatic carbocycles. The summed E-state index contributed by atoms with van der Waals surface area (Å²) in [5.74, 6) is -0.412. The van der Waals surface area contributed by atoms with Crippen molar-refractivity contribution in [1.82, 2.24) is 0 Å². The van der Waals surface area contributed by atoms with Gasteiger partial charge >= 0.3 is 0 Å². The van der Waals surface area contributed by atoms with Crippen molar-refractivity contribution >= 4 is 17.5 Å². The first-order valence-corrected chi connectivity index (χ1v) is 6.08. The molecule has 21 heavy (non-hydrogen) atoms. The largest absolute Gasteiger partial charge is 0.288 e. The molecule has 0 atom stereocenters. The highest BCUT2D eigenvalue weighted by Crippen LogP contribution is 2.17. The van der Waals surface area contributed by atoms with Crippen LogP contribution in [0.3, 0.4) is 0 Å². The van der Waals surface area contributed by atoms with Crippen molar-refractivity contribution in [2.75, 3.05) is 0 Å². The second kappa shape index (κ2) is 6.26. The number of carbonyl (C=O) groups excluding carboxylic acids is 1. The lowest BCUT2D eigenvalue weighted by molar-refractivity contribution is -0.384. The highest BCUT2D eigenvalue weighted by Gasteiger charge is 2.12. The molecule has 0 amide bonds. The van der Waals surface area contributed by atoms with Crippen LogP contribution < -0.4 is 0 Å². The van der Waals surface area contributed by atoms with Crippen LogP contribution in [0.25, 0.3) is 6.08 Å². The number of allylic oxidation sites excluding steroid dienone is 1. The smallest absolute Gasteiger partial charge is 0.270 e. The number of hydrogen-bond acceptors (Lipinski definition) is 4. The number of nitro groups is 1. The van der Waals surface area contributed by atoms with Gasteiger partial charge in [-0.2, -0.15) is 5.26 Å². The molecule has 2 aromatic rings. The topological polar surface area (TPSA) is 84.0 Å². The van der Waals surface area contributed by atoms with Crippen molar-refractivity contribution in [2.45, 2.75) is 0 Å². The number of Topliss-reactive ketones (excluding diaryl/α,β-unsaturated/α-hetero) is 1. The highest BCUT2D eigenvalue weighted by molar-refractivity contribution is 6.14. The highest BCUT2D eigenvalue weighted by atomic mass is 16.6. The van der Waals surface area contributed by atoms with Gasteiger partial charge in [0, 0.05) is 17.7 Å². The number of nitrogens with zero attached hydrogens (tertiary/aromatic N) is 2. The summed E-state index contributed by atoms with van der Waals surface area (Å²) in [4.78, 5) is 22.4. The van der Waals surface area contributed by atoms with Gasteiger partial charge in [0.25, 0.3) is 5.69 Å². The minimum atomic E-state index is -0.525. The molecule has 0 radical (unpaired) electrons. The quantitative estimate of drug-likeness (QED) is 0.282. The predicted octanol–water partition coefficient (Wildman–Crippen LogP) is 3.38. The van der Waals surface area contributed by atoms with Crippen molar-refractivity contribution in [1.29, 1.82) is 5.26 Å². The lowest BCUT2D eigenvalue weighted by atomic mass is 10.0. The van der Waals surface area contributed by atoms with Crippen LogP contribution in [0.5, 0.6) is 0 Å². The molecule has 0 aromatic heterocycles. The number of non-ortho nitro benzene ring substituents is 1. The summed E-state index contributed by atoms with van der Waals surface area (Å²) in [6, 6.07) is 16.0. The number of benzene rings is 2. The minimum absolute atomic E-state index is 0.0679. The summed E-state index contributed by atoms with van der Waals surface area (Å²) in [7, 11) is 0. The average molecular weight is 278 g/mol. The van der Waals surface area contributed by atoms with Crippen LogP contribution >= 0.6 is 0 Å². The van der Waals surface area contributed by atoms with Crippen molar-refractivity contribution in [3.63, 3.8) is 0 Å². The molecule has 0 aliphatic heterocycles. The van der Waals surface area contributed by atoms with Crippen LogP contribution in [0.15, 0.2) is 60.2 Å². The lowest BCUT2D eigenvalue weighted by Crippen LogP contribution is -2.01. The Hall–Kier alpha value is -3.26. The van der Waals surface area contributed by atoms with Crippen molar-refractivity contribution < 1.29 is 9.72 Å². The fourth-order valence-corrected chi connectivity index (χ4v) is 1.79. The Bertz CT molecular complexity index is 759. The Balaban J connectivity index is 2.38. The van der Waals surface area contributed by atoms with Crippen molar-refractivity contribution in [3.8, 4) is 6.07 Å². The molecule has 0 aliphatic rings. The standard InChI is InChI=1S/C16H10N2O3/c17-11-14(16(19)13-6-2-1-3-7-13)9-12-5-4-8-15(10-12)18(20)21/h1-10H/b14-9-. The van der Waals surface area contributed by atoms with E-state index in [2.05, 4.69) is 0 Å². The molecule has 2 aromatic carbocycles. The van der Waals surface area contributed by atoms with Crippen LogP contribution in [0.4, 0.5) is 5.69 Å². The lowest BCUT2D eigenvalue weighted by Gasteiger charge is -1.99. The Morgan fingerprint density at radius 2 is 1.86 bits per heavy atom. The Morgan fingerprint density at radius 1 is 1.14 bits per heavy atom. The van der Waals surface area contributed by atoms with Crippen LogP contribution in [0.2, 0.25) is 0 Å². The van der Waals surface area contributed by atoms with Gasteiger partial charge in [-0.05, 0) is 11.6 Å². The molecule has 5 nitrogen and oxygen atoms in total. The molecule has 0 heterocycles. The third kappa shape index (κ3) is 3.39. The average Bonchev–Trinajstić information content (AvgIpc) is 2.53. The molecule has 0 saturated heterocycles. The van der Waals surface area contributed by atoms with Gasteiger partial charge in [-0.1, -0.05) is 42.5 Å². The van der Waals surface area contributed by atoms with E-state index in [1.165, 1.54) is 24.3 Å². The van der Waals surface area contributed by atoms with E-state index in [9.17, 15) is 14.9 Å². The zero-order valence-electron chi connectivity index (χ0n) is 10.9. The van der Waals surface area contributed by atoms with E-state index in [0.717, 1.165) is 0 Å². The molecule has 0 saturated carbocycles. The number of rotatable bonds is 4. The molecule has 0 unspecified atom stereocenters. The van der Waals surface area contributed by atoms with E-state index in [4.69, 9.17) is 5.26 Å². The summed E-state index contributed by atoms with van der Waals surface area (Å²) >= 11 is 0. The molecule has 2 rings (SSSR count). The maximum atomic E-state index is 12.2. The van der Waals surface area contributed by atoms with Crippen molar-refractivity contribution in [3.05, 3.63) is 81.4 Å². The number of hydrogen-bond donors (Lipinski definition) is 0. The van der Waals surface area contributed by atoms with Crippen LogP contribution in [-0.2, 0) is 0 Å². The summed E-state index contributed by atoms with van der Waals surface area (Å²) < 4.78 is 0. The Morgan fingerprint density at radius 3 is 2.48 bits per heavy atom. The molecule has 102 valence electrons. The summed E-state index contributed by atoms with van der Waals surface area (Å²) in [6.45, 7) is 0. The van der Waals surface area contributed by atoms with Crippen molar-refractivity contribution in [2.24, 2.45) is 0 Å². The fraction of sp³-hybridized carbons (Fsp3) is 0. The third-order valence-electron chi connectivity index (χ3n) is 2.79. The Kier molecular flexibility index (Phi) is 4.22. The molecular weight excluding hydrogens is 268 g/mol. The number of carbonyl (C=O) groups is 1. The predicted molar refractivity (Wildman–Crippen MR) is 77.5 cm³/mol. The van der Waals surface area contributed by atoms with Gasteiger partial charge < -0.3 is 0 Å². The normalized spacial score (nSPS) is 10.7. The van der Waals surface area contributed by atoms with Gasteiger partial charge in [0.2, 0.25) is 5.78 Å². The zero-order valence-corrected chi connectivity index (χ0v) is 10.9. The number of ketones is 1. The van der Waals surface area contributed by atoms with Gasteiger partial charge in [0.05, 0.1) is 4.92 Å². The van der Waals surface area contributed by atoms with E-state index in [-0.39, 0.29) is 11.3 Å². The summed E-state index contributed by atoms with van der Waals surface area (Å²) in [5.41, 5.74) is 0.677. The maximum Gasteiger partial charge on any atom is 0.270 e. The second-order valence-corrected chi connectivity index (χ2v) is 4.22. The second-order valence-electron chi connectivity index (χ2n) is 4.22.